The highest BCUT2D eigenvalue weighted by Gasteiger charge is 2.37. The Balaban J connectivity index is 0.000000301. The fourth-order valence-corrected chi connectivity index (χ4v) is 3.74. The van der Waals surface area contributed by atoms with Crippen molar-refractivity contribution in [3.8, 4) is 0 Å². The number of hydrogen-bond donors (Lipinski definition) is 2. The van der Waals surface area contributed by atoms with Gasteiger partial charge in [-0.3, -0.25) is 0 Å². The van der Waals surface area contributed by atoms with Gasteiger partial charge in [0.15, 0.2) is 0 Å². The first-order valence-corrected chi connectivity index (χ1v) is 8.12. The second-order valence-corrected chi connectivity index (χ2v) is 6.30. The number of fused-ring (bicyclic) bond motifs is 3. The van der Waals surface area contributed by atoms with Crippen LogP contribution < -0.4 is 0 Å². The Morgan fingerprint density at radius 2 is 1.75 bits per heavy atom. The molecule has 7 nitrogen and oxygen atoms in total. The highest BCUT2D eigenvalue weighted by molar-refractivity contribution is 6.27. The summed E-state index contributed by atoms with van der Waals surface area (Å²) in [5.41, 5.74) is 1.57. The topological polar surface area (TPSA) is 96.3 Å². The van der Waals surface area contributed by atoms with Gasteiger partial charge in [-0.05, 0) is 43.8 Å². The van der Waals surface area contributed by atoms with Crippen molar-refractivity contribution >= 4 is 11.9 Å². The fraction of sp³-hybridized carbons (Fsp3) is 0.647. The van der Waals surface area contributed by atoms with Crippen LogP contribution in [-0.4, -0.2) is 67.0 Å². The van der Waals surface area contributed by atoms with E-state index in [4.69, 9.17) is 29.3 Å². The maximum absolute atomic E-state index is 9.10. The number of methoxy groups -OCH3 is 2. The Labute approximate surface area is 141 Å². The SMILES string of the molecule is COC1=CC=C(C2CN3CCC2CC3)CC1OC.O=C(O)C(=O)O. The summed E-state index contributed by atoms with van der Waals surface area (Å²) < 4.78 is 10.9. The summed E-state index contributed by atoms with van der Waals surface area (Å²) in [6, 6.07) is 0. The van der Waals surface area contributed by atoms with E-state index in [-0.39, 0.29) is 6.10 Å². The Morgan fingerprint density at radius 1 is 1.12 bits per heavy atom. The molecule has 0 saturated carbocycles. The van der Waals surface area contributed by atoms with E-state index < -0.39 is 11.9 Å². The Morgan fingerprint density at radius 3 is 2.17 bits per heavy atom. The van der Waals surface area contributed by atoms with E-state index in [1.165, 1.54) is 32.5 Å². The Bertz CT molecular complexity index is 521. The summed E-state index contributed by atoms with van der Waals surface area (Å²) in [5.74, 6) is -1.04. The summed E-state index contributed by atoms with van der Waals surface area (Å²) >= 11 is 0. The number of nitrogens with zero attached hydrogens (tertiary/aromatic N) is 1. The zero-order valence-corrected chi connectivity index (χ0v) is 14.1. The van der Waals surface area contributed by atoms with Gasteiger partial charge in [-0.25, -0.2) is 9.59 Å². The van der Waals surface area contributed by atoms with Gasteiger partial charge in [0.05, 0.1) is 7.11 Å². The standard InChI is InChI=1S/C15H23NO2.C2H2O4/c1-17-14-4-3-12(9-15(14)18-2)13-10-16-7-5-11(13)6-8-16;3-1(4)2(5)6/h3-4,11,13,15H,5-10H2,1-2H3;(H,3,4)(H,5,6). The van der Waals surface area contributed by atoms with Crippen molar-refractivity contribution in [2.45, 2.75) is 25.4 Å². The molecule has 0 radical (unpaired) electrons. The quantitative estimate of drug-likeness (QED) is 0.749. The fourth-order valence-electron chi connectivity index (χ4n) is 3.74. The van der Waals surface area contributed by atoms with Gasteiger partial charge in [0.2, 0.25) is 0 Å². The molecule has 2 unspecified atom stereocenters. The molecule has 24 heavy (non-hydrogen) atoms. The van der Waals surface area contributed by atoms with Crippen LogP contribution in [0.25, 0.3) is 0 Å². The monoisotopic (exact) mass is 339 g/mol. The Hall–Kier alpha value is -1.86. The van der Waals surface area contributed by atoms with Crippen LogP contribution in [0.15, 0.2) is 23.5 Å². The van der Waals surface area contributed by atoms with Crippen molar-refractivity contribution in [1.29, 1.82) is 0 Å². The number of carboxylic acid groups (broad SMARTS) is 2. The van der Waals surface area contributed by atoms with Crippen molar-refractivity contribution in [2.75, 3.05) is 33.9 Å². The van der Waals surface area contributed by atoms with Crippen LogP contribution in [0.1, 0.15) is 19.3 Å². The van der Waals surface area contributed by atoms with Crippen LogP contribution in [0.3, 0.4) is 0 Å². The largest absolute Gasteiger partial charge is 0.498 e. The summed E-state index contributed by atoms with van der Waals surface area (Å²) in [4.78, 5) is 20.8. The smallest absolute Gasteiger partial charge is 0.414 e. The van der Waals surface area contributed by atoms with Gasteiger partial charge in [0.1, 0.15) is 11.9 Å². The van der Waals surface area contributed by atoms with Gasteiger partial charge in [-0.1, -0.05) is 11.6 Å². The number of ether oxygens (including phenoxy) is 2. The van der Waals surface area contributed by atoms with Crippen LogP contribution in [0.2, 0.25) is 0 Å². The first-order valence-electron chi connectivity index (χ1n) is 8.12. The van der Waals surface area contributed by atoms with Crippen molar-refractivity contribution < 1.29 is 29.3 Å². The molecule has 2 N–H and O–H groups in total. The molecule has 3 heterocycles. The number of piperidine rings is 3. The lowest BCUT2D eigenvalue weighted by Gasteiger charge is -2.46. The van der Waals surface area contributed by atoms with Crippen LogP contribution in [0.5, 0.6) is 0 Å². The number of aliphatic carboxylic acids is 2. The first-order chi connectivity index (χ1) is 11.5. The van der Waals surface area contributed by atoms with Gasteiger partial charge in [-0.15, -0.1) is 0 Å². The maximum Gasteiger partial charge on any atom is 0.414 e. The molecule has 3 aliphatic heterocycles. The average molecular weight is 339 g/mol. The van der Waals surface area contributed by atoms with E-state index in [0.29, 0.717) is 0 Å². The van der Waals surface area contributed by atoms with Crippen LogP contribution in [0.4, 0.5) is 0 Å². The van der Waals surface area contributed by atoms with Crippen molar-refractivity contribution in [3.63, 3.8) is 0 Å². The minimum Gasteiger partial charge on any atom is -0.498 e. The van der Waals surface area contributed by atoms with E-state index in [1.807, 2.05) is 0 Å². The lowest BCUT2D eigenvalue weighted by atomic mass is 9.73. The minimum atomic E-state index is -1.82. The van der Waals surface area contributed by atoms with Gasteiger partial charge < -0.3 is 24.6 Å². The summed E-state index contributed by atoms with van der Waals surface area (Å²) in [6.45, 7) is 3.87. The molecule has 2 atom stereocenters. The molecule has 3 fully saturated rings. The van der Waals surface area contributed by atoms with Gasteiger partial charge in [0.25, 0.3) is 0 Å². The zero-order chi connectivity index (χ0) is 17.7. The molecule has 0 aromatic rings. The van der Waals surface area contributed by atoms with Crippen LogP contribution in [-0.2, 0) is 19.1 Å². The summed E-state index contributed by atoms with van der Waals surface area (Å²) in [7, 11) is 3.50. The van der Waals surface area contributed by atoms with E-state index in [9.17, 15) is 0 Å². The van der Waals surface area contributed by atoms with Gasteiger partial charge in [0, 0.05) is 20.1 Å². The first kappa shape index (κ1) is 18.5. The molecule has 1 aliphatic carbocycles. The third-order valence-corrected chi connectivity index (χ3v) is 5.04. The van der Waals surface area contributed by atoms with Gasteiger partial charge in [-0.2, -0.15) is 0 Å². The van der Waals surface area contributed by atoms with E-state index in [0.717, 1.165) is 24.0 Å². The molecule has 0 amide bonds. The highest BCUT2D eigenvalue weighted by atomic mass is 16.5. The Kier molecular flexibility index (Phi) is 6.39. The molecule has 0 aromatic heterocycles. The number of rotatable bonds is 3. The second kappa shape index (κ2) is 8.30. The van der Waals surface area contributed by atoms with Gasteiger partial charge >= 0.3 is 11.9 Å². The second-order valence-electron chi connectivity index (χ2n) is 6.30. The molecule has 7 heteroatoms. The minimum absolute atomic E-state index is 0.116. The normalized spacial score (nSPS) is 31.2. The maximum atomic E-state index is 9.10. The summed E-state index contributed by atoms with van der Waals surface area (Å²) in [6.07, 6.45) is 8.25. The predicted octanol–water partition coefficient (Wildman–Crippen LogP) is 1.36. The average Bonchev–Trinajstić information content (AvgIpc) is 2.62. The van der Waals surface area contributed by atoms with E-state index in [2.05, 4.69) is 17.1 Å². The number of carboxylic acids is 2. The van der Waals surface area contributed by atoms with Crippen molar-refractivity contribution in [2.24, 2.45) is 11.8 Å². The molecule has 2 bridgehead atoms. The summed E-state index contributed by atoms with van der Waals surface area (Å²) in [5, 5.41) is 14.8. The molecule has 4 rings (SSSR count). The van der Waals surface area contributed by atoms with Crippen molar-refractivity contribution in [3.05, 3.63) is 23.5 Å². The number of hydrogen-bond acceptors (Lipinski definition) is 5. The lowest BCUT2D eigenvalue weighted by molar-refractivity contribution is -0.159. The highest BCUT2D eigenvalue weighted by Crippen LogP contribution is 2.40. The van der Waals surface area contributed by atoms with Crippen molar-refractivity contribution in [1.82, 2.24) is 4.90 Å². The molecule has 0 spiro atoms. The van der Waals surface area contributed by atoms with Crippen LogP contribution >= 0.6 is 0 Å². The molecular weight excluding hydrogens is 314 g/mol. The number of allylic oxidation sites excluding steroid dienone is 2. The number of carbonyl (C=O) groups is 2. The predicted molar refractivity (Wildman–Crippen MR) is 86.5 cm³/mol. The molecule has 0 aromatic carbocycles. The lowest BCUT2D eigenvalue weighted by Crippen LogP contribution is -2.48. The third kappa shape index (κ3) is 4.36. The third-order valence-electron chi connectivity index (χ3n) is 5.04. The molecular formula is C17H25NO6. The molecule has 134 valence electrons. The van der Waals surface area contributed by atoms with E-state index >= 15 is 0 Å². The molecule has 4 aliphatic rings. The van der Waals surface area contributed by atoms with Crippen LogP contribution in [0, 0.1) is 11.8 Å². The van der Waals surface area contributed by atoms with E-state index in [1.54, 1.807) is 19.8 Å². The zero-order valence-electron chi connectivity index (χ0n) is 14.1. The molecule has 3 saturated heterocycles.